The maximum atomic E-state index is 12.6. The third-order valence-electron chi connectivity index (χ3n) is 3.94. The highest BCUT2D eigenvalue weighted by molar-refractivity contribution is 7.99. The Kier molecular flexibility index (Phi) is 3.85. The summed E-state index contributed by atoms with van der Waals surface area (Å²) < 4.78 is 2.61. The number of carbonyl (C=O) groups excluding carboxylic acids is 1. The highest BCUT2D eigenvalue weighted by Crippen LogP contribution is 2.29. The van der Waals surface area contributed by atoms with Crippen LogP contribution in [-0.4, -0.2) is 26.2 Å². The summed E-state index contributed by atoms with van der Waals surface area (Å²) in [6.45, 7) is 2.35. The van der Waals surface area contributed by atoms with Crippen LogP contribution in [0.2, 0.25) is 0 Å². The van der Waals surface area contributed by atoms with Gasteiger partial charge in [0.1, 0.15) is 0 Å². The summed E-state index contributed by atoms with van der Waals surface area (Å²) in [5, 5.41) is 4.16. The van der Waals surface area contributed by atoms with Crippen LogP contribution in [0, 0.1) is 12.8 Å². The summed E-state index contributed by atoms with van der Waals surface area (Å²) in [6.07, 6.45) is 1.50. The molecule has 122 valence electrons. The Bertz CT molecular complexity index is 995. The predicted octanol–water partition coefficient (Wildman–Crippen LogP) is 2.52. The molecule has 1 unspecified atom stereocenters. The molecule has 1 N–H and O–H groups in total. The number of benzene rings is 1. The van der Waals surface area contributed by atoms with Gasteiger partial charge < -0.3 is 5.32 Å². The van der Waals surface area contributed by atoms with E-state index in [0.717, 1.165) is 15.8 Å². The molecular weight excluding hydrogens is 344 g/mol. The SMILES string of the molecule is Cc1cccc2sc(NC(=O)C3CSc4nccc(=O)n4C3)nc12. The van der Waals surface area contributed by atoms with Gasteiger partial charge in [-0.25, -0.2) is 9.97 Å². The van der Waals surface area contributed by atoms with Crippen molar-refractivity contribution in [2.45, 2.75) is 18.6 Å². The Morgan fingerprint density at radius 1 is 1.38 bits per heavy atom. The molecule has 0 radical (unpaired) electrons. The van der Waals surface area contributed by atoms with Gasteiger partial charge in [-0.15, -0.1) is 0 Å². The molecule has 1 aliphatic rings. The largest absolute Gasteiger partial charge is 0.302 e. The molecule has 0 spiro atoms. The first kappa shape index (κ1) is 15.3. The highest BCUT2D eigenvalue weighted by atomic mass is 32.2. The van der Waals surface area contributed by atoms with Crippen molar-refractivity contribution < 1.29 is 4.79 Å². The molecule has 0 bridgehead atoms. The van der Waals surface area contributed by atoms with Gasteiger partial charge in [-0.1, -0.05) is 35.2 Å². The van der Waals surface area contributed by atoms with Gasteiger partial charge in [-0.2, -0.15) is 0 Å². The summed E-state index contributed by atoms with van der Waals surface area (Å²) in [5.74, 6) is 0.213. The number of para-hydroxylation sites is 1. The summed E-state index contributed by atoms with van der Waals surface area (Å²) in [7, 11) is 0. The van der Waals surface area contributed by atoms with E-state index in [1.165, 1.54) is 35.4 Å². The van der Waals surface area contributed by atoms with Crippen molar-refractivity contribution in [1.82, 2.24) is 14.5 Å². The van der Waals surface area contributed by atoms with Crippen LogP contribution in [0.4, 0.5) is 5.13 Å². The molecule has 1 aromatic carbocycles. The molecular formula is C16H14N4O2S2. The molecule has 0 aliphatic carbocycles. The average molecular weight is 358 g/mol. The fourth-order valence-corrected chi connectivity index (χ4v) is 4.67. The smallest absolute Gasteiger partial charge is 0.254 e. The first-order chi connectivity index (χ1) is 11.6. The Hall–Kier alpha value is -2.19. The van der Waals surface area contributed by atoms with Gasteiger partial charge in [0.2, 0.25) is 5.91 Å². The maximum Gasteiger partial charge on any atom is 0.254 e. The molecule has 8 heteroatoms. The quantitative estimate of drug-likeness (QED) is 0.712. The number of anilines is 1. The molecule has 24 heavy (non-hydrogen) atoms. The molecule has 3 aromatic rings. The number of carbonyl (C=O) groups is 1. The van der Waals surface area contributed by atoms with Crippen LogP contribution < -0.4 is 10.9 Å². The lowest BCUT2D eigenvalue weighted by Crippen LogP contribution is -2.36. The van der Waals surface area contributed by atoms with E-state index in [9.17, 15) is 9.59 Å². The maximum absolute atomic E-state index is 12.6. The van der Waals surface area contributed by atoms with E-state index in [1.807, 2.05) is 25.1 Å². The zero-order chi connectivity index (χ0) is 16.7. The van der Waals surface area contributed by atoms with E-state index in [2.05, 4.69) is 15.3 Å². The van der Waals surface area contributed by atoms with Crippen LogP contribution in [0.3, 0.4) is 0 Å². The lowest BCUT2D eigenvalue weighted by molar-refractivity contribution is -0.119. The number of hydrogen-bond donors (Lipinski definition) is 1. The summed E-state index contributed by atoms with van der Waals surface area (Å²) in [5.41, 5.74) is 1.88. The number of nitrogens with one attached hydrogen (secondary N) is 1. The second-order valence-electron chi connectivity index (χ2n) is 5.61. The lowest BCUT2D eigenvalue weighted by Gasteiger charge is -2.23. The topological polar surface area (TPSA) is 76.9 Å². The summed E-state index contributed by atoms with van der Waals surface area (Å²) in [6, 6.07) is 7.39. The number of nitrogens with zero attached hydrogens (tertiary/aromatic N) is 3. The van der Waals surface area contributed by atoms with Gasteiger partial charge in [-0.3, -0.25) is 14.2 Å². The van der Waals surface area contributed by atoms with Crippen LogP contribution in [0.25, 0.3) is 10.2 Å². The van der Waals surface area contributed by atoms with Crippen molar-refractivity contribution in [2.24, 2.45) is 5.92 Å². The molecule has 2 aromatic heterocycles. The van der Waals surface area contributed by atoms with Gasteiger partial charge in [-0.05, 0) is 18.6 Å². The second kappa shape index (κ2) is 6.03. The normalized spacial score (nSPS) is 16.8. The number of fused-ring (bicyclic) bond motifs is 2. The monoisotopic (exact) mass is 358 g/mol. The average Bonchev–Trinajstić information content (AvgIpc) is 2.99. The van der Waals surface area contributed by atoms with E-state index in [-0.39, 0.29) is 17.4 Å². The summed E-state index contributed by atoms with van der Waals surface area (Å²) >= 11 is 2.89. The van der Waals surface area contributed by atoms with Crippen molar-refractivity contribution >= 4 is 44.4 Å². The van der Waals surface area contributed by atoms with Crippen molar-refractivity contribution in [3.8, 4) is 0 Å². The van der Waals surface area contributed by atoms with Crippen molar-refractivity contribution in [3.63, 3.8) is 0 Å². The predicted molar refractivity (Wildman–Crippen MR) is 95.7 cm³/mol. The Morgan fingerprint density at radius 2 is 2.25 bits per heavy atom. The Morgan fingerprint density at radius 3 is 3.08 bits per heavy atom. The van der Waals surface area contributed by atoms with Crippen LogP contribution in [0.15, 0.2) is 40.4 Å². The molecule has 6 nitrogen and oxygen atoms in total. The number of hydrogen-bond acceptors (Lipinski definition) is 6. The van der Waals surface area contributed by atoms with Gasteiger partial charge in [0.05, 0.1) is 16.1 Å². The Balaban J connectivity index is 1.55. The molecule has 1 aliphatic heterocycles. The standard InChI is InChI=1S/C16H14N4O2S2/c1-9-3-2-4-11-13(9)18-15(24-11)19-14(22)10-7-20-12(21)5-6-17-16(20)23-8-10/h2-6,10H,7-8H2,1H3,(H,18,19,22). The molecule has 4 rings (SSSR count). The number of rotatable bonds is 2. The third kappa shape index (κ3) is 2.71. The van der Waals surface area contributed by atoms with Gasteiger partial charge in [0, 0.05) is 24.6 Å². The van der Waals surface area contributed by atoms with E-state index < -0.39 is 0 Å². The molecule has 0 fully saturated rings. The zero-order valence-electron chi connectivity index (χ0n) is 12.9. The Labute approximate surface area is 145 Å². The number of aryl methyl sites for hydroxylation is 1. The van der Waals surface area contributed by atoms with Crippen LogP contribution in [0.5, 0.6) is 0 Å². The van der Waals surface area contributed by atoms with Crippen molar-refractivity contribution in [2.75, 3.05) is 11.1 Å². The van der Waals surface area contributed by atoms with Crippen molar-refractivity contribution in [1.29, 1.82) is 0 Å². The van der Waals surface area contributed by atoms with Crippen LogP contribution in [-0.2, 0) is 11.3 Å². The fraction of sp³-hybridized carbons (Fsp3) is 0.250. The lowest BCUT2D eigenvalue weighted by atomic mass is 10.1. The number of aromatic nitrogens is 3. The molecule has 1 amide bonds. The van der Waals surface area contributed by atoms with E-state index in [0.29, 0.717) is 22.6 Å². The highest BCUT2D eigenvalue weighted by Gasteiger charge is 2.27. The van der Waals surface area contributed by atoms with E-state index in [4.69, 9.17) is 0 Å². The van der Waals surface area contributed by atoms with Crippen LogP contribution in [0.1, 0.15) is 5.56 Å². The van der Waals surface area contributed by atoms with Crippen LogP contribution >= 0.6 is 23.1 Å². The number of thiazole rings is 1. The minimum Gasteiger partial charge on any atom is -0.302 e. The van der Waals surface area contributed by atoms with Gasteiger partial charge in [0.25, 0.3) is 5.56 Å². The van der Waals surface area contributed by atoms with E-state index in [1.54, 1.807) is 4.57 Å². The minimum atomic E-state index is -0.280. The van der Waals surface area contributed by atoms with E-state index >= 15 is 0 Å². The minimum absolute atomic E-state index is 0.111. The summed E-state index contributed by atoms with van der Waals surface area (Å²) in [4.78, 5) is 33.2. The number of amides is 1. The van der Waals surface area contributed by atoms with Gasteiger partial charge >= 0.3 is 0 Å². The molecule has 0 saturated carbocycles. The number of thioether (sulfide) groups is 1. The molecule has 0 saturated heterocycles. The second-order valence-corrected chi connectivity index (χ2v) is 7.63. The molecule has 1 atom stereocenters. The third-order valence-corrected chi connectivity index (χ3v) is 6.03. The molecule has 3 heterocycles. The fourth-order valence-electron chi connectivity index (χ4n) is 2.66. The first-order valence-corrected chi connectivity index (χ1v) is 9.28. The van der Waals surface area contributed by atoms with Crippen molar-refractivity contribution in [3.05, 3.63) is 46.4 Å². The first-order valence-electron chi connectivity index (χ1n) is 7.47. The zero-order valence-corrected chi connectivity index (χ0v) is 14.5. The van der Waals surface area contributed by atoms with Gasteiger partial charge in [0.15, 0.2) is 10.3 Å².